The number of hydrogen-bond acceptors (Lipinski definition) is 4. The lowest BCUT2D eigenvalue weighted by Crippen LogP contribution is -2.01. The van der Waals surface area contributed by atoms with Gasteiger partial charge in [-0.05, 0) is 29.8 Å². The minimum absolute atomic E-state index is 0.0397. The smallest absolute Gasteiger partial charge is 0.313 e. The summed E-state index contributed by atoms with van der Waals surface area (Å²) in [6, 6.07) is 6.92. The van der Waals surface area contributed by atoms with Crippen molar-refractivity contribution in [2.24, 2.45) is 5.16 Å². The maximum atomic E-state index is 12.9. The first-order chi connectivity index (χ1) is 9.56. The van der Waals surface area contributed by atoms with Gasteiger partial charge in [0.1, 0.15) is 11.0 Å². The summed E-state index contributed by atoms with van der Waals surface area (Å²) in [5, 5.41) is 3.72. The third-order valence-electron chi connectivity index (χ3n) is 2.24. The minimum Gasteiger partial charge on any atom is -0.313 e. The molecule has 0 amide bonds. The van der Waals surface area contributed by atoms with E-state index < -0.39 is 11.8 Å². The van der Waals surface area contributed by atoms with E-state index in [4.69, 9.17) is 23.2 Å². The van der Waals surface area contributed by atoms with Crippen LogP contribution in [0.25, 0.3) is 0 Å². The van der Waals surface area contributed by atoms with E-state index in [0.29, 0.717) is 5.56 Å². The lowest BCUT2D eigenvalue weighted by atomic mass is 10.2. The average Bonchev–Trinajstić information content (AvgIpc) is 2.43. The molecule has 1 heterocycles. The van der Waals surface area contributed by atoms with Gasteiger partial charge in [-0.1, -0.05) is 34.4 Å². The van der Waals surface area contributed by atoms with Crippen LogP contribution in [0.3, 0.4) is 0 Å². The molecular weight excluding hydrogens is 306 g/mol. The molecule has 4 nitrogen and oxygen atoms in total. The molecule has 0 aliphatic carbocycles. The second-order valence-electron chi connectivity index (χ2n) is 3.66. The van der Waals surface area contributed by atoms with Crippen molar-refractivity contribution in [2.45, 2.75) is 0 Å². The molecular formula is C13H7Cl2FN2O2. The van der Waals surface area contributed by atoms with Gasteiger partial charge in [0.15, 0.2) is 0 Å². The van der Waals surface area contributed by atoms with Crippen molar-refractivity contribution in [3.05, 3.63) is 63.6 Å². The molecule has 0 saturated heterocycles. The zero-order valence-electron chi connectivity index (χ0n) is 9.89. The highest BCUT2D eigenvalue weighted by Gasteiger charge is 2.07. The highest BCUT2D eigenvalue weighted by Crippen LogP contribution is 2.15. The van der Waals surface area contributed by atoms with E-state index >= 15 is 0 Å². The normalized spacial score (nSPS) is 10.8. The van der Waals surface area contributed by atoms with Crippen LogP contribution in [-0.2, 0) is 4.84 Å². The lowest BCUT2D eigenvalue weighted by molar-refractivity contribution is 0.0518. The first kappa shape index (κ1) is 14.4. The van der Waals surface area contributed by atoms with Crippen LogP contribution in [0.5, 0.6) is 0 Å². The van der Waals surface area contributed by atoms with Crippen molar-refractivity contribution < 1.29 is 14.0 Å². The molecule has 0 saturated carbocycles. The molecule has 0 aliphatic rings. The Labute approximate surface area is 123 Å². The molecule has 7 heteroatoms. The van der Waals surface area contributed by atoms with Gasteiger partial charge < -0.3 is 4.84 Å². The molecule has 0 spiro atoms. The van der Waals surface area contributed by atoms with Gasteiger partial charge in [0.2, 0.25) is 0 Å². The molecule has 102 valence electrons. The number of aromatic nitrogens is 1. The fraction of sp³-hybridized carbons (Fsp3) is 0. The number of nitrogens with zero attached hydrogens (tertiary/aromatic N) is 2. The predicted molar refractivity (Wildman–Crippen MR) is 73.7 cm³/mol. The first-order valence-electron chi connectivity index (χ1n) is 5.37. The molecule has 0 bridgehead atoms. The highest BCUT2D eigenvalue weighted by molar-refractivity contribution is 6.31. The summed E-state index contributed by atoms with van der Waals surface area (Å²) < 4.78 is 12.9. The Bertz CT molecular complexity index is 660. The van der Waals surface area contributed by atoms with Crippen molar-refractivity contribution in [3.63, 3.8) is 0 Å². The summed E-state index contributed by atoms with van der Waals surface area (Å²) >= 11 is 11.2. The van der Waals surface area contributed by atoms with Crippen molar-refractivity contribution in [1.29, 1.82) is 0 Å². The highest BCUT2D eigenvalue weighted by atomic mass is 35.5. The minimum atomic E-state index is -0.682. The van der Waals surface area contributed by atoms with Crippen LogP contribution >= 0.6 is 23.2 Å². The number of carbonyl (C=O) groups is 1. The van der Waals surface area contributed by atoms with E-state index in [9.17, 15) is 9.18 Å². The Hall–Kier alpha value is -1.98. The Morgan fingerprint density at radius 3 is 2.75 bits per heavy atom. The van der Waals surface area contributed by atoms with Crippen molar-refractivity contribution in [3.8, 4) is 0 Å². The standard InChI is InChI=1S/C13H7Cl2FN2O2/c14-10-5-8(1-3-11(10)16)6-18-20-13(19)9-2-4-12(15)17-7-9/h1-7H. The zero-order valence-corrected chi connectivity index (χ0v) is 11.4. The van der Waals surface area contributed by atoms with Gasteiger partial charge in [-0.2, -0.15) is 0 Å². The van der Waals surface area contributed by atoms with Crippen LogP contribution in [0.4, 0.5) is 4.39 Å². The zero-order chi connectivity index (χ0) is 14.5. The van der Waals surface area contributed by atoms with Gasteiger partial charge in [0.05, 0.1) is 16.8 Å². The number of hydrogen-bond donors (Lipinski definition) is 0. The quantitative estimate of drug-likeness (QED) is 0.375. The Morgan fingerprint density at radius 2 is 2.10 bits per heavy atom. The van der Waals surface area contributed by atoms with Crippen molar-refractivity contribution in [2.75, 3.05) is 0 Å². The maximum Gasteiger partial charge on any atom is 0.367 e. The van der Waals surface area contributed by atoms with Gasteiger partial charge in [-0.25, -0.2) is 14.2 Å². The molecule has 2 rings (SSSR count). The molecule has 1 aromatic heterocycles. The fourth-order valence-corrected chi connectivity index (χ4v) is 1.58. The first-order valence-corrected chi connectivity index (χ1v) is 6.13. The van der Waals surface area contributed by atoms with Gasteiger partial charge in [0.25, 0.3) is 0 Å². The third kappa shape index (κ3) is 3.76. The second-order valence-corrected chi connectivity index (χ2v) is 4.45. The van der Waals surface area contributed by atoms with Gasteiger partial charge in [-0.15, -0.1) is 0 Å². The summed E-state index contributed by atoms with van der Waals surface area (Å²) in [5.74, 6) is -1.22. The number of pyridine rings is 1. The Kier molecular flexibility index (Phi) is 4.65. The van der Waals surface area contributed by atoms with Crippen LogP contribution in [-0.4, -0.2) is 17.2 Å². The van der Waals surface area contributed by atoms with Crippen LogP contribution in [0, 0.1) is 5.82 Å². The number of halogens is 3. The summed E-state index contributed by atoms with van der Waals surface area (Å²) in [6.07, 6.45) is 2.52. The lowest BCUT2D eigenvalue weighted by Gasteiger charge is -1.98. The molecule has 20 heavy (non-hydrogen) atoms. The molecule has 1 aromatic carbocycles. The molecule has 0 aliphatic heterocycles. The summed E-state index contributed by atoms with van der Waals surface area (Å²) in [4.78, 5) is 20.0. The number of rotatable bonds is 3. The van der Waals surface area contributed by atoms with E-state index in [2.05, 4.69) is 15.0 Å². The topological polar surface area (TPSA) is 51.5 Å². The Morgan fingerprint density at radius 1 is 1.30 bits per heavy atom. The van der Waals surface area contributed by atoms with E-state index in [-0.39, 0.29) is 15.7 Å². The van der Waals surface area contributed by atoms with E-state index in [1.54, 1.807) is 0 Å². The molecule has 0 atom stereocenters. The van der Waals surface area contributed by atoms with Crippen LogP contribution in [0.15, 0.2) is 41.7 Å². The molecule has 2 aromatic rings. The van der Waals surface area contributed by atoms with Crippen LogP contribution in [0.2, 0.25) is 10.2 Å². The van der Waals surface area contributed by atoms with E-state index in [1.165, 1.54) is 42.7 Å². The molecule has 0 unspecified atom stereocenters. The van der Waals surface area contributed by atoms with Gasteiger partial charge in [-0.3, -0.25) is 0 Å². The fourth-order valence-electron chi connectivity index (χ4n) is 1.28. The summed E-state index contributed by atoms with van der Waals surface area (Å²) in [7, 11) is 0. The second kappa shape index (κ2) is 6.45. The largest absolute Gasteiger partial charge is 0.367 e. The maximum absolute atomic E-state index is 12.9. The SMILES string of the molecule is O=C(ON=Cc1ccc(F)c(Cl)c1)c1ccc(Cl)nc1. The number of oxime groups is 1. The number of carbonyl (C=O) groups excluding carboxylic acids is 1. The monoisotopic (exact) mass is 312 g/mol. The van der Waals surface area contributed by atoms with Crippen molar-refractivity contribution >= 4 is 35.4 Å². The summed E-state index contributed by atoms with van der Waals surface area (Å²) in [6.45, 7) is 0. The Balaban J connectivity index is 2.00. The molecule has 0 N–H and O–H groups in total. The van der Waals surface area contributed by atoms with E-state index in [0.717, 1.165) is 0 Å². The molecule has 0 radical (unpaired) electrons. The van der Waals surface area contributed by atoms with Crippen LogP contribution in [0.1, 0.15) is 15.9 Å². The van der Waals surface area contributed by atoms with Crippen LogP contribution < -0.4 is 0 Å². The van der Waals surface area contributed by atoms with Gasteiger partial charge >= 0.3 is 5.97 Å². The average molecular weight is 313 g/mol. The number of benzene rings is 1. The molecule has 0 fully saturated rings. The summed E-state index contributed by atoms with van der Waals surface area (Å²) in [5.41, 5.74) is 0.710. The predicted octanol–water partition coefficient (Wildman–Crippen LogP) is 3.72. The third-order valence-corrected chi connectivity index (χ3v) is 2.76. The van der Waals surface area contributed by atoms with Crippen molar-refractivity contribution in [1.82, 2.24) is 4.98 Å². The van der Waals surface area contributed by atoms with E-state index in [1.807, 2.05) is 0 Å². The van der Waals surface area contributed by atoms with Gasteiger partial charge in [0, 0.05) is 6.20 Å².